The lowest BCUT2D eigenvalue weighted by molar-refractivity contribution is -0.142. The Morgan fingerprint density at radius 2 is 2.06 bits per heavy atom. The predicted molar refractivity (Wildman–Crippen MR) is 74.7 cm³/mol. The minimum Gasteiger partial charge on any atom is -0.356 e. The molecule has 2 aliphatic heterocycles. The number of allylic oxidation sites excluding steroid dienone is 1. The van der Waals surface area contributed by atoms with Gasteiger partial charge in [-0.2, -0.15) is 0 Å². The van der Waals surface area contributed by atoms with Crippen LogP contribution in [0, 0.1) is 0 Å². The molecule has 0 saturated carbocycles. The molecule has 2 heterocycles. The number of Topliss-reactive ketones (excluding diaryl/α,β-unsaturated/α-hetero) is 1. The van der Waals surface area contributed by atoms with Crippen molar-refractivity contribution >= 4 is 52.2 Å². The largest absolute Gasteiger partial charge is 0.356 e. The number of halogens is 4. The molecule has 2 rings (SSSR count). The molecule has 0 aromatic carbocycles. The number of carbonyl (C=O) groups excluding carboxylic acids is 1. The maximum Gasteiger partial charge on any atom is 0.211 e. The molecule has 2 nitrogen and oxygen atoms in total. The summed E-state index contributed by atoms with van der Waals surface area (Å²) in [6.07, 6.45) is 3.79. The number of ether oxygens (including phenoxy) is 1. The van der Waals surface area contributed by atoms with Crippen molar-refractivity contribution in [2.24, 2.45) is 0 Å². The first-order valence-electron chi connectivity index (χ1n) is 5.48. The van der Waals surface area contributed by atoms with E-state index in [0.29, 0.717) is 12.8 Å². The van der Waals surface area contributed by atoms with E-state index in [9.17, 15) is 4.79 Å². The van der Waals surface area contributed by atoms with E-state index >= 15 is 0 Å². The van der Waals surface area contributed by atoms with Crippen LogP contribution in [0.2, 0.25) is 0 Å². The van der Waals surface area contributed by atoms with Gasteiger partial charge in [0.05, 0.1) is 0 Å². The van der Waals surface area contributed by atoms with E-state index in [1.807, 2.05) is 6.92 Å². The van der Waals surface area contributed by atoms with Gasteiger partial charge in [-0.1, -0.05) is 58.6 Å². The van der Waals surface area contributed by atoms with Crippen molar-refractivity contribution in [2.45, 2.75) is 40.1 Å². The first-order chi connectivity index (χ1) is 8.20. The molecular weight excluding hydrogens is 318 g/mol. The molecule has 6 heteroatoms. The molecular formula is C12H12Cl4O2. The van der Waals surface area contributed by atoms with Crippen LogP contribution in [0.1, 0.15) is 19.8 Å². The average molecular weight is 330 g/mol. The van der Waals surface area contributed by atoms with Crippen molar-refractivity contribution in [2.75, 3.05) is 0 Å². The van der Waals surface area contributed by atoms with Crippen LogP contribution in [0.25, 0.3) is 0 Å². The highest BCUT2D eigenvalue weighted by molar-refractivity contribution is 6.70. The summed E-state index contributed by atoms with van der Waals surface area (Å²) in [5.41, 5.74) is -0.296. The van der Waals surface area contributed by atoms with Gasteiger partial charge in [0.15, 0.2) is 0 Å². The van der Waals surface area contributed by atoms with Gasteiger partial charge >= 0.3 is 0 Å². The highest BCUT2D eigenvalue weighted by atomic mass is 35.5. The van der Waals surface area contributed by atoms with Crippen LogP contribution in [-0.2, 0) is 9.53 Å². The van der Waals surface area contributed by atoms with Crippen molar-refractivity contribution in [3.8, 4) is 0 Å². The summed E-state index contributed by atoms with van der Waals surface area (Å²) in [6.45, 7) is 5.46. The first-order valence-corrected chi connectivity index (χ1v) is 6.99. The fourth-order valence-electron chi connectivity index (χ4n) is 2.45. The van der Waals surface area contributed by atoms with Gasteiger partial charge in [-0.05, 0) is 25.3 Å². The van der Waals surface area contributed by atoms with Crippen LogP contribution >= 0.6 is 46.4 Å². The third kappa shape index (κ3) is 1.70. The Bertz CT molecular complexity index is 441. The second-order valence-electron chi connectivity index (χ2n) is 4.57. The van der Waals surface area contributed by atoms with Crippen molar-refractivity contribution in [3.05, 3.63) is 24.3 Å². The van der Waals surface area contributed by atoms with E-state index in [0.717, 1.165) is 5.57 Å². The number of rotatable bonds is 3. The molecule has 0 spiro atoms. The third-order valence-electron chi connectivity index (χ3n) is 3.52. The van der Waals surface area contributed by atoms with Gasteiger partial charge in [-0.3, -0.25) is 4.79 Å². The Morgan fingerprint density at radius 1 is 1.44 bits per heavy atom. The molecule has 0 amide bonds. The lowest BCUT2D eigenvalue weighted by Gasteiger charge is -2.47. The van der Waals surface area contributed by atoms with Crippen molar-refractivity contribution in [1.29, 1.82) is 0 Å². The van der Waals surface area contributed by atoms with Gasteiger partial charge in [0.2, 0.25) is 14.4 Å². The van der Waals surface area contributed by atoms with E-state index in [2.05, 4.69) is 6.58 Å². The number of carbonyl (C=O) groups is 1. The third-order valence-corrected chi connectivity index (χ3v) is 5.25. The summed E-state index contributed by atoms with van der Waals surface area (Å²) in [5, 5.41) is 0. The molecule has 2 aliphatic rings. The summed E-state index contributed by atoms with van der Waals surface area (Å²) in [5.74, 6) is -0.630. The van der Waals surface area contributed by atoms with Crippen LogP contribution in [-0.4, -0.2) is 26.2 Å². The van der Waals surface area contributed by atoms with Crippen molar-refractivity contribution in [3.63, 3.8) is 0 Å². The Hall–Kier alpha value is 0.270. The number of fused-ring (bicyclic) bond motifs is 2. The van der Waals surface area contributed by atoms with Crippen molar-refractivity contribution in [1.82, 2.24) is 0 Å². The molecule has 0 radical (unpaired) electrons. The predicted octanol–water partition coefficient (Wildman–Crippen LogP) is 3.97. The van der Waals surface area contributed by atoms with Gasteiger partial charge in [0.25, 0.3) is 0 Å². The first kappa shape index (κ1) is 14.7. The number of hydrogen-bond donors (Lipinski definition) is 0. The molecule has 0 unspecified atom stereocenters. The van der Waals surface area contributed by atoms with E-state index in [1.54, 1.807) is 12.2 Å². The fourth-order valence-corrected chi connectivity index (χ4v) is 4.01. The lowest BCUT2D eigenvalue weighted by Crippen LogP contribution is -2.64. The molecule has 0 aromatic rings. The summed E-state index contributed by atoms with van der Waals surface area (Å²) in [4.78, 5) is 12.3. The minimum absolute atomic E-state index is 0.456. The second kappa shape index (κ2) is 4.39. The van der Waals surface area contributed by atoms with E-state index in [-0.39, 0.29) is 0 Å². The maximum absolute atomic E-state index is 12.3. The highest BCUT2D eigenvalue weighted by Gasteiger charge is 2.70. The summed E-state index contributed by atoms with van der Waals surface area (Å²) in [7, 11) is 0. The van der Waals surface area contributed by atoms with Gasteiger partial charge < -0.3 is 4.74 Å². The Balaban J connectivity index is 2.52. The zero-order chi connectivity index (χ0) is 13.8. The smallest absolute Gasteiger partial charge is 0.211 e. The SMILES string of the molecule is C=CCC[C@@]12O[C@H](C=C1C)C(Cl)(Cl)C(=O)C2(Cl)Cl. The summed E-state index contributed by atoms with van der Waals surface area (Å²) >= 11 is 24.5. The van der Waals surface area contributed by atoms with Crippen LogP contribution in [0.5, 0.6) is 0 Å². The van der Waals surface area contributed by atoms with E-state index in [4.69, 9.17) is 51.1 Å². The molecule has 18 heavy (non-hydrogen) atoms. The highest BCUT2D eigenvalue weighted by Crippen LogP contribution is 2.58. The van der Waals surface area contributed by atoms with Crippen LogP contribution in [0.3, 0.4) is 0 Å². The maximum atomic E-state index is 12.3. The van der Waals surface area contributed by atoms with Crippen molar-refractivity contribution < 1.29 is 9.53 Å². The fraction of sp³-hybridized carbons (Fsp3) is 0.583. The van der Waals surface area contributed by atoms with Gasteiger partial charge in [0.1, 0.15) is 11.7 Å². The molecule has 0 aliphatic carbocycles. The van der Waals surface area contributed by atoms with E-state index < -0.39 is 26.2 Å². The molecule has 0 N–H and O–H groups in total. The van der Waals surface area contributed by atoms with Crippen LogP contribution in [0.15, 0.2) is 24.3 Å². The van der Waals surface area contributed by atoms with Gasteiger partial charge in [0, 0.05) is 0 Å². The second-order valence-corrected chi connectivity index (χ2v) is 7.28. The molecule has 100 valence electrons. The average Bonchev–Trinajstić information content (AvgIpc) is 2.62. The van der Waals surface area contributed by atoms with Gasteiger partial charge in [-0.15, -0.1) is 6.58 Å². The molecule has 1 saturated heterocycles. The Labute approximate surface area is 126 Å². The number of hydrogen-bond acceptors (Lipinski definition) is 2. The molecule has 0 aromatic heterocycles. The molecule has 2 bridgehead atoms. The number of ketones is 1. The standard InChI is InChI=1S/C12H12Cl4O2/c1-3-4-5-10-7(2)6-8(18-10)11(13,14)9(17)12(10,15)16/h3,6,8H,1,4-5H2,2H3/t8-,10-/m1/s1. The minimum atomic E-state index is -1.80. The number of alkyl halides is 4. The quantitative estimate of drug-likeness (QED) is 0.578. The lowest BCUT2D eigenvalue weighted by atomic mass is 9.84. The van der Waals surface area contributed by atoms with E-state index in [1.165, 1.54) is 0 Å². The topological polar surface area (TPSA) is 26.3 Å². The summed E-state index contributed by atoms with van der Waals surface area (Å²) < 4.78 is 2.26. The van der Waals surface area contributed by atoms with Crippen LogP contribution in [0.4, 0.5) is 0 Å². The monoisotopic (exact) mass is 328 g/mol. The molecule has 2 atom stereocenters. The summed E-state index contributed by atoms with van der Waals surface area (Å²) in [6, 6.07) is 0. The zero-order valence-electron chi connectivity index (χ0n) is 9.68. The van der Waals surface area contributed by atoms with Gasteiger partial charge in [-0.25, -0.2) is 0 Å². The van der Waals surface area contributed by atoms with Crippen LogP contribution < -0.4 is 0 Å². The Morgan fingerprint density at radius 3 is 2.61 bits per heavy atom. The normalized spacial score (nSPS) is 36.4. The zero-order valence-corrected chi connectivity index (χ0v) is 12.7. The Kier molecular flexibility index (Phi) is 3.58. The molecule has 1 fully saturated rings.